The van der Waals surface area contributed by atoms with Gasteiger partial charge >= 0.3 is 0 Å². The number of amides is 1. The number of rotatable bonds is 2. The number of nitrogens with zero attached hydrogens (tertiary/aromatic N) is 2. The summed E-state index contributed by atoms with van der Waals surface area (Å²) >= 11 is 1.47. The average molecular weight is 431 g/mol. The summed E-state index contributed by atoms with van der Waals surface area (Å²) in [5.41, 5.74) is 3.40. The highest BCUT2D eigenvalue weighted by molar-refractivity contribution is 7.22. The largest absolute Gasteiger partial charge is 0.483 e. The zero-order chi connectivity index (χ0) is 21.1. The van der Waals surface area contributed by atoms with Crippen LogP contribution in [0.4, 0.5) is 5.13 Å². The molecule has 0 saturated heterocycles. The van der Waals surface area contributed by atoms with Gasteiger partial charge in [-0.05, 0) is 43.9 Å². The van der Waals surface area contributed by atoms with Gasteiger partial charge in [-0.15, -0.1) is 0 Å². The van der Waals surface area contributed by atoms with Gasteiger partial charge in [0, 0.05) is 0 Å². The number of para-hydroxylation sites is 1. The lowest BCUT2D eigenvalue weighted by atomic mass is 9.77. The molecule has 1 saturated carbocycles. The van der Waals surface area contributed by atoms with E-state index in [9.17, 15) is 9.59 Å². The van der Waals surface area contributed by atoms with Gasteiger partial charge in [0.15, 0.2) is 16.7 Å². The number of anilines is 1. The van der Waals surface area contributed by atoms with E-state index in [0.717, 1.165) is 47.0 Å². The topological polar surface area (TPSA) is 59.5 Å². The van der Waals surface area contributed by atoms with Gasteiger partial charge in [0.2, 0.25) is 0 Å². The Morgan fingerprint density at radius 2 is 1.81 bits per heavy atom. The number of aryl methyl sites for hydroxylation is 1. The van der Waals surface area contributed by atoms with Crippen LogP contribution in [0.5, 0.6) is 0 Å². The lowest BCUT2D eigenvalue weighted by Gasteiger charge is -2.35. The molecule has 0 radical (unpaired) electrons. The second-order valence-electron chi connectivity index (χ2n) is 8.61. The molecule has 2 aliphatic heterocycles. The van der Waals surface area contributed by atoms with Gasteiger partial charge in [-0.2, -0.15) is 0 Å². The van der Waals surface area contributed by atoms with Gasteiger partial charge in [0.25, 0.3) is 5.91 Å². The number of carbonyl (C=O) groups excluding carboxylic acids is 2. The van der Waals surface area contributed by atoms with Crippen LogP contribution < -0.4 is 4.90 Å². The van der Waals surface area contributed by atoms with Gasteiger partial charge in [0.1, 0.15) is 6.10 Å². The van der Waals surface area contributed by atoms with E-state index >= 15 is 0 Å². The van der Waals surface area contributed by atoms with Crippen molar-refractivity contribution in [3.05, 3.63) is 71.0 Å². The zero-order valence-electron chi connectivity index (χ0n) is 17.2. The van der Waals surface area contributed by atoms with Crippen LogP contribution >= 0.6 is 11.3 Å². The highest BCUT2D eigenvalue weighted by atomic mass is 32.1. The number of hydrogen-bond acceptors (Lipinski definition) is 5. The smallest absolute Gasteiger partial charge is 0.296 e. The number of thiazole rings is 1. The van der Waals surface area contributed by atoms with Gasteiger partial charge in [0.05, 0.1) is 27.7 Å². The van der Waals surface area contributed by atoms with Crippen LogP contribution in [0.1, 0.15) is 42.9 Å². The Kier molecular flexibility index (Phi) is 4.25. The normalized spacial score (nSPS) is 25.6. The first-order valence-corrected chi connectivity index (χ1v) is 11.6. The first-order chi connectivity index (χ1) is 15.1. The van der Waals surface area contributed by atoms with Crippen molar-refractivity contribution in [2.45, 2.75) is 44.8 Å². The number of Topliss-reactive ketones (excluding diaryl/α,β-unsaturated/α-hetero) is 1. The van der Waals surface area contributed by atoms with Crippen molar-refractivity contribution < 1.29 is 14.3 Å². The minimum Gasteiger partial charge on any atom is -0.483 e. The number of hydrogen-bond donors (Lipinski definition) is 0. The van der Waals surface area contributed by atoms with Crippen LogP contribution in [0, 0.1) is 12.8 Å². The van der Waals surface area contributed by atoms with Crippen molar-refractivity contribution >= 4 is 38.4 Å². The Bertz CT molecular complexity index is 1210. The summed E-state index contributed by atoms with van der Waals surface area (Å²) < 4.78 is 7.26. The second-order valence-corrected chi connectivity index (χ2v) is 9.62. The molecule has 1 fully saturated rings. The van der Waals surface area contributed by atoms with E-state index < -0.39 is 6.04 Å². The molecule has 1 amide bonds. The van der Waals surface area contributed by atoms with E-state index in [4.69, 9.17) is 9.72 Å². The number of fused-ring (bicyclic) bond motifs is 2. The highest BCUT2D eigenvalue weighted by Crippen LogP contribution is 2.49. The lowest BCUT2D eigenvalue weighted by Crippen LogP contribution is -2.39. The summed E-state index contributed by atoms with van der Waals surface area (Å²) in [5.74, 6) is -0.0907. The Hall–Kier alpha value is -2.99. The quantitative estimate of drug-likeness (QED) is 0.567. The molecule has 3 unspecified atom stereocenters. The zero-order valence-corrected chi connectivity index (χ0v) is 18.0. The van der Waals surface area contributed by atoms with Gasteiger partial charge in [-0.1, -0.05) is 59.7 Å². The monoisotopic (exact) mass is 430 g/mol. The predicted octanol–water partition coefficient (Wildman–Crippen LogP) is 5.10. The maximum atomic E-state index is 13.7. The molecule has 3 heterocycles. The minimum absolute atomic E-state index is 0.0773. The van der Waals surface area contributed by atoms with Crippen LogP contribution in [-0.4, -0.2) is 22.8 Å². The van der Waals surface area contributed by atoms with E-state index in [-0.39, 0.29) is 29.5 Å². The molecule has 6 rings (SSSR count). The maximum absolute atomic E-state index is 13.7. The van der Waals surface area contributed by atoms with Gasteiger partial charge in [-0.3, -0.25) is 14.5 Å². The van der Waals surface area contributed by atoms with Gasteiger partial charge < -0.3 is 4.74 Å². The number of carbonyl (C=O) groups is 2. The average Bonchev–Trinajstić information content (AvgIpc) is 3.33. The van der Waals surface area contributed by atoms with Crippen LogP contribution in [0.25, 0.3) is 10.2 Å². The first kappa shape index (κ1) is 18.8. The van der Waals surface area contributed by atoms with Crippen molar-refractivity contribution in [2.75, 3.05) is 4.90 Å². The summed E-state index contributed by atoms with van der Waals surface area (Å²) in [7, 11) is 0. The fourth-order valence-corrected chi connectivity index (χ4v) is 6.06. The van der Waals surface area contributed by atoms with E-state index in [2.05, 4.69) is 0 Å². The van der Waals surface area contributed by atoms with Crippen LogP contribution in [-0.2, 0) is 14.3 Å². The molecule has 0 bridgehead atoms. The molecule has 0 N–H and O–H groups in total. The highest BCUT2D eigenvalue weighted by Gasteiger charge is 2.53. The van der Waals surface area contributed by atoms with E-state index in [1.54, 1.807) is 4.90 Å². The number of ketones is 1. The van der Waals surface area contributed by atoms with E-state index in [1.807, 2.05) is 55.5 Å². The first-order valence-electron chi connectivity index (χ1n) is 10.8. The molecular weight excluding hydrogens is 408 g/mol. The van der Waals surface area contributed by atoms with E-state index in [0.29, 0.717) is 10.7 Å². The number of ether oxygens (including phenoxy) is 1. The van der Waals surface area contributed by atoms with Crippen molar-refractivity contribution in [3.63, 3.8) is 0 Å². The molecule has 3 atom stereocenters. The summed E-state index contributed by atoms with van der Waals surface area (Å²) in [6.45, 7) is 2.03. The minimum atomic E-state index is -0.501. The standard InChI is InChI=1S/C25H22N2O3S/c1-14-10-12-15(13-11-14)21-20-22(28)16-6-2-4-8-18(16)30-23(20)24(29)27(21)25-26-17-7-3-5-9-19(17)31-25/h3,5,7,9-13,16,18,21H,2,4,6,8H2,1H3. The van der Waals surface area contributed by atoms with Crippen LogP contribution in [0.15, 0.2) is 59.9 Å². The molecule has 3 aromatic rings. The van der Waals surface area contributed by atoms with Crippen molar-refractivity contribution in [2.24, 2.45) is 5.92 Å². The summed E-state index contributed by atoms with van der Waals surface area (Å²) in [4.78, 5) is 33.7. The Balaban J connectivity index is 1.52. The molecule has 3 aliphatic rings. The fraction of sp³-hybridized carbons (Fsp3) is 0.320. The Labute approximate surface area is 184 Å². The third kappa shape index (κ3) is 2.85. The van der Waals surface area contributed by atoms with Crippen molar-refractivity contribution in [1.29, 1.82) is 0 Å². The number of benzene rings is 2. The third-order valence-electron chi connectivity index (χ3n) is 6.65. The van der Waals surface area contributed by atoms with E-state index in [1.165, 1.54) is 11.3 Å². The second kappa shape index (κ2) is 7.02. The van der Waals surface area contributed by atoms with Crippen molar-refractivity contribution in [1.82, 2.24) is 4.98 Å². The molecular formula is C25H22N2O3S. The molecule has 31 heavy (non-hydrogen) atoms. The maximum Gasteiger partial charge on any atom is 0.296 e. The summed E-state index contributed by atoms with van der Waals surface area (Å²) in [6.07, 6.45) is 3.54. The molecule has 2 aromatic carbocycles. The molecule has 156 valence electrons. The molecule has 5 nitrogen and oxygen atoms in total. The molecule has 1 aromatic heterocycles. The lowest BCUT2D eigenvalue weighted by molar-refractivity contribution is -0.131. The SMILES string of the molecule is Cc1ccc(C2C3=C(OC4CCCCC4C3=O)C(=O)N2c2nc3ccccc3s2)cc1. The molecule has 6 heteroatoms. The Morgan fingerprint density at radius 3 is 2.61 bits per heavy atom. The summed E-state index contributed by atoms with van der Waals surface area (Å²) in [5, 5.41) is 0.602. The molecule has 0 spiro atoms. The van der Waals surface area contributed by atoms with Gasteiger partial charge in [-0.25, -0.2) is 4.98 Å². The van der Waals surface area contributed by atoms with Crippen LogP contribution in [0.3, 0.4) is 0 Å². The Morgan fingerprint density at radius 1 is 1.03 bits per heavy atom. The molecule has 1 aliphatic carbocycles. The summed E-state index contributed by atoms with van der Waals surface area (Å²) in [6, 6.07) is 15.4. The van der Waals surface area contributed by atoms with Crippen LogP contribution in [0.2, 0.25) is 0 Å². The van der Waals surface area contributed by atoms with Crippen molar-refractivity contribution in [3.8, 4) is 0 Å². The predicted molar refractivity (Wildman–Crippen MR) is 120 cm³/mol. The number of aromatic nitrogens is 1. The third-order valence-corrected chi connectivity index (χ3v) is 7.68. The fourth-order valence-electron chi connectivity index (χ4n) is 5.07.